The van der Waals surface area contributed by atoms with Crippen molar-refractivity contribution >= 4 is 52.2 Å². The number of hydrogen-bond acceptors (Lipinski definition) is 1. The first-order chi connectivity index (χ1) is 9.34. The maximum Gasteiger partial charge on any atom is 0.199 e. The van der Waals surface area contributed by atoms with Gasteiger partial charge in [-0.2, -0.15) is 0 Å². The minimum absolute atomic E-state index is 0.225. The number of aryl methyl sites for hydroxylation is 2. The van der Waals surface area contributed by atoms with Crippen LogP contribution in [0.3, 0.4) is 0 Å². The van der Waals surface area contributed by atoms with E-state index in [-0.39, 0.29) is 27.0 Å². The van der Waals surface area contributed by atoms with Crippen LogP contribution in [0.4, 0.5) is 0 Å². The Morgan fingerprint density at radius 1 is 0.750 bits per heavy atom. The van der Waals surface area contributed by atoms with Gasteiger partial charge in [0.15, 0.2) is 5.78 Å². The Balaban J connectivity index is 2.71. The molecule has 0 aliphatic rings. The number of halogens is 4. The Hall–Kier alpha value is -0.730. The van der Waals surface area contributed by atoms with Crippen molar-refractivity contribution in [3.05, 3.63) is 66.6 Å². The van der Waals surface area contributed by atoms with Crippen molar-refractivity contribution in [1.82, 2.24) is 0 Å². The molecular weight excluding hydrogens is 338 g/mol. The Bertz CT molecular complexity index is 648. The Kier molecular flexibility index (Phi) is 4.66. The van der Waals surface area contributed by atoms with E-state index in [9.17, 15) is 4.79 Å². The van der Waals surface area contributed by atoms with Crippen molar-refractivity contribution in [2.45, 2.75) is 13.8 Å². The number of rotatable bonds is 2. The van der Waals surface area contributed by atoms with Gasteiger partial charge in [0.25, 0.3) is 0 Å². The van der Waals surface area contributed by atoms with Gasteiger partial charge in [-0.3, -0.25) is 4.79 Å². The van der Waals surface area contributed by atoms with Crippen LogP contribution < -0.4 is 0 Å². The first kappa shape index (κ1) is 15.7. The molecule has 20 heavy (non-hydrogen) atoms. The van der Waals surface area contributed by atoms with Crippen LogP contribution in [-0.4, -0.2) is 5.78 Å². The lowest BCUT2D eigenvalue weighted by Gasteiger charge is -2.12. The van der Waals surface area contributed by atoms with Crippen molar-refractivity contribution < 1.29 is 4.79 Å². The first-order valence-electron chi connectivity index (χ1n) is 5.78. The second-order valence-corrected chi connectivity index (χ2v) is 6.01. The summed E-state index contributed by atoms with van der Waals surface area (Å²) < 4.78 is 0. The minimum Gasteiger partial charge on any atom is -0.288 e. The largest absolute Gasteiger partial charge is 0.288 e. The molecule has 0 atom stereocenters. The summed E-state index contributed by atoms with van der Waals surface area (Å²) in [4.78, 5) is 12.7. The SMILES string of the molecule is Cc1ccc(Cl)c(C(=O)c2c(Cl)ccc(C)c2Cl)c1Cl. The molecule has 0 spiro atoms. The second-order valence-electron chi connectivity index (χ2n) is 4.44. The Morgan fingerprint density at radius 3 is 1.45 bits per heavy atom. The predicted molar refractivity (Wildman–Crippen MR) is 85.8 cm³/mol. The van der Waals surface area contributed by atoms with E-state index in [1.165, 1.54) is 0 Å². The molecule has 0 saturated heterocycles. The van der Waals surface area contributed by atoms with Gasteiger partial charge < -0.3 is 0 Å². The van der Waals surface area contributed by atoms with Gasteiger partial charge in [0.1, 0.15) is 0 Å². The first-order valence-corrected chi connectivity index (χ1v) is 7.29. The molecule has 0 aliphatic heterocycles. The fourth-order valence-electron chi connectivity index (χ4n) is 1.85. The normalized spacial score (nSPS) is 10.7. The highest BCUT2D eigenvalue weighted by Gasteiger charge is 2.23. The van der Waals surface area contributed by atoms with Gasteiger partial charge in [0, 0.05) is 0 Å². The van der Waals surface area contributed by atoms with E-state index in [2.05, 4.69) is 0 Å². The number of ketones is 1. The number of carbonyl (C=O) groups is 1. The molecule has 0 aliphatic carbocycles. The topological polar surface area (TPSA) is 17.1 Å². The number of carbonyl (C=O) groups excluding carboxylic acids is 1. The molecule has 0 amide bonds. The highest BCUT2D eigenvalue weighted by atomic mass is 35.5. The fraction of sp³-hybridized carbons (Fsp3) is 0.133. The van der Waals surface area contributed by atoms with Crippen LogP contribution in [0.15, 0.2) is 24.3 Å². The zero-order valence-electron chi connectivity index (χ0n) is 10.7. The molecular formula is C15H10Cl4O. The quantitative estimate of drug-likeness (QED) is 0.595. The minimum atomic E-state index is -0.373. The summed E-state index contributed by atoms with van der Waals surface area (Å²) in [5, 5.41) is 1.19. The maximum absolute atomic E-state index is 12.7. The van der Waals surface area contributed by atoms with Crippen molar-refractivity contribution in [1.29, 1.82) is 0 Å². The number of hydrogen-bond donors (Lipinski definition) is 0. The fourth-order valence-corrected chi connectivity index (χ4v) is 2.94. The van der Waals surface area contributed by atoms with E-state index >= 15 is 0 Å². The maximum atomic E-state index is 12.7. The standard InChI is InChI=1S/C15H10Cl4O/c1-7-3-5-9(16)11(13(7)18)15(20)12-10(17)6-4-8(2)14(12)19/h3-6H,1-2H3. The van der Waals surface area contributed by atoms with Crippen LogP contribution >= 0.6 is 46.4 Å². The molecule has 1 nitrogen and oxygen atoms in total. The monoisotopic (exact) mass is 346 g/mol. The van der Waals surface area contributed by atoms with Crippen LogP contribution in [0, 0.1) is 13.8 Å². The lowest BCUT2D eigenvalue weighted by atomic mass is 9.99. The molecule has 0 aromatic heterocycles. The molecule has 2 aromatic rings. The Labute approximate surface area is 137 Å². The molecule has 0 N–H and O–H groups in total. The van der Waals surface area contributed by atoms with Gasteiger partial charge in [0.05, 0.1) is 31.2 Å². The lowest BCUT2D eigenvalue weighted by molar-refractivity contribution is 0.103. The Morgan fingerprint density at radius 2 is 1.10 bits per heavy atom. The molecule has 2 aromatic carbocycles. The number of benzene rings is 2. The van der Waals surface area contributed by atoms with E-state index in [4.69, 9.17) is 46.4 Å². The molecule has 5 heteroatoms. The van der Waals surface area contributed by atoms with Crippen LogP contribution in [0.1, 0.15) is 27.0 Å². The predicted octanol–water partition coefficient (Wildman–Crippen LogP) is 6.15. The van der Waals surface area contributed by atoms with Crippen molar-refractivity contribution in [2.24, 2.45) is 0 Å². The van der Waals surface area contributed by atoms with Gasteiger partial charge in [-0.15, -0.1) is 0 Å². The van der Waals surface area contributed by atoms with E-state index in [1.54, 1.807) is 38.1 Å². The molecule has 0 fully saturated rings. The second kappa shape index (κ2) is 5.95. The zero-order chi connectivity index (χ0) is 15.0. The highest BCUT2D eigenvalue weighted by Crippen LogP contribution is 2.35. The van der Waals surface area contributed by atoms with Gasteiger partial charge >= 0.3 is 0 Å². The van der Waals surface area contributed by atoms with Crippen LogP contribution in [0.25, 0.3) is 0 Å². The summed E-state index contributed by atoms with van der Waals surface area (Å²) in [6.45, 7) is 3.60. The van der Waals surface area contributed by atoms with Crippen LogP contribution in [0.5, 0.6) is 0 Å². The summed E-state index contributed by atoms with van der Waals surface area (Å²) in [5.74, 6) is -0.373. The molecule has 104 valence electrons. The summed E-state index contributed by atoms with van der Waals surface area (Å²) >= 11 is 24.6. The van der Waals surface area contributed by atoms with Gasteiger partial charge in [-0.05, 0) is 37.1 Å². The molecule has 0 saturated carbocycles. The van der Waals surface area contributed by atoms with Crippen molar-refractivity contribution in [3.8, 4) is 0 Å². The van der Waals surface area contributed by atoms with Crippen molar-refractivity contribution in [2.75, 3.05) is 0 Å². The van der Waals surface area contributed by atoms with E-state index < -0.39 is 0 Å². The third-order valence-corrected chi connectivity index (χ3v) is 4.63. The third-order valence-electron chi connectivity index (χ3n) is 3.02. The van der Waals surface area contributed by atoms with Gasteiger partial charge in [-0.25, -0.2) is 0 Å². The summed E-state index contributed by atoms with van der Waals surface area (Å²) in [7, 11) is 0. The average Bonchev–Trinajstić information content (AvgIpc) is 2.39. The molecule has 2 rings (SSSR count). The van der Waals surface area contributed by atoms with E-state index in [0.717, 1.165) is 11.1 Å². The smallest absolute Gasteiger partial charge is 0.199 e. The molecule has 0 unspecified atom stereocenters. The van der Waals surface area contributed by atoms with Gasteiger partial charge in [-0.1, -0.05) is 58.5 Å². The molecule has 0 heterocycles. The summed E-state index contributed by atoms with van der Waals surface area (Å²) in [6.07, 6.45) is 0. The zero-order valence-corrected chi connectivity index (χ0v) is 13.8. The van der Waals surface area contributed by atoms with Gasteiger partial charge in [0.2, 0.25) is 0 Å². The third kappa shape index (κ3) is 2.68. The van der Waals surface area contributed by atoms with Crippen molar-refractivity contribution in [3.63, 3.8) is 0 Å². The van der Waals surface area contributed by atoms with Crippen LogP contribution in [0.2, 0.25) is 20.1 Å². The lowest BCUT2D eigenvalue weighted by Crippen LogP contribution is -2.06. The molecule has 0 radical (unpaired) electrons. The summed E-state index contributed by atoms with van der Waals surface area (Å²) in [6, 6.07) is 6.77. The summed E-state index contributed by atoms with van der Waals surface area (Å²) in [5.41, 5.74) is 1.98. The average molecular weight is 348 g/mol. The molecule has 0 bridgehead atoms. The van der Waals surface area contributed by atoms with E-state index in [1.807, 2.05) is 0 Å². The van der Waals surface area contributed by atoms with E-state index in [0.29, 0.717) is 10.0 Å². The highest BCUT2D eigenvalue weighted by molar-refractivity contribution is 6.45. The van der Waals surface area contributed by atoms with Crippen LogP contribution in [-0.2, 0) is 0 Å².